The molecule has 0 amide bonds. The second-order valence-electron chi connectivity index (χ2n) is 5.19. The third-order valence-electron chi connectivity index (χ3n) is 4.08. The fraction of sp³-hybridized carbons (Fsp3) is 0.400. The number of nitrogens with one attached hydrogen (secondary N) is 1. The summed E-state index contributed by atoms with van der Waals surface area (Å²) in [6.07, 6.45) is 2.11. The van der Waals surface area contributed by atoms with Gasteiger partial charge in [0, 0.05) is 11.1 Å². The van der Waals surface area contributed by atoms with E-state index in [0.717, 1.165) is 28.6 Å². The first-order valence-electron chi connectivity index (χ1n) is 6.51. The number of carbonyl (C=O) groups is 1. The zero-order chi connectivity index (χ0) is 13.6. The van der Waals surface area contributed by atoms with Crippen LogP contribution in [0.1, 0.15) is 23.2 Å². The molecule has 0 saturated heterocycles. The first-order chi connectivity index (χ1) is 9.11. The molecule has 1 heterocycles. The Hall–Kier alpha value is -1.97. The number of benzene rings is 1. The van der Waals surface area contributed by atoms with Crippen molar-refractivity contribution in [3.05, 3.63) is 29.0 Å². The minimum absolute atomic E-state index is 0.267. The molecule has 0 radical (unpaired) electrons. The van der Waals surface area contributed by atoms with Gasteiger partial charge in [0.1, 0.15) is 5.75 Å². The van der Waals surface area contributed by atoms with Crippen LogP contribution < -0.4 is 4.74 Å². The number of H-pyrrole nitrogens is 1. The minimum Gasteiger partial charge on any atom is -0.495 e. The first kappa shape index (κ1) is 12.1. The van der Waals surface area contributed by atoms with Crippen LogP contribution in [-0.4, -0.2) is 23.2 Å². The molecule has 2 N–H and O–H groups in total. The first-order valence-corrected chi connectivity index (χ1v) is 6.51. The van der Waals surface area contributed by atoms with Crippen molar-refractivity contribution < 1.29 is 14.6 Å². The Bertz CT molecular complexity index is 657. The summed E-state index contributed by atoms with van der Waals surface area (Å²) in [7, 11) is 1.66. The maximum atomic E-state index is 11.2. The lowest BCUT2D eigenvalue weighted by Crippen LogP contribution is -2.21. The van der Waals surface area contributed by atoms with Gasteiger partial charge in [-0.3, -0.25) is 4.79 Å². The van der Waals surface area contributed by atoms with Gasteiger partial charge in [0.2, 0.25) is 0 Å². The Morgan fingerprint density at radius 1 is 1.47 bits per heavy atom. The van der Waals surface area contributed by atoms with Crippen molar-refractivity contribution in [1.29, 1.82) is 0 Å². The molecular weight excluding hydrogens is 242 g/mol. The lowest BCUT2D eigenvalue weighted by atomic mass is 9.86. The van der Waals surface area contributed by atoms with Gasteiger partial charge >= 0.3 is 5.97 Å². The fourth-order valence-electron chi connectivity index (χ4n) is 3.06. The number of aliphatic carboxylic acids is 1. The summed E-state index contributed by atoms with van der Waals surface area (Å²) in [4.78, 5) is 14.6. The predicted molar refractivity (Wildman–Crippen MR) is 72.7 cm³/mol. The summed E-state index contributed by atoms with van der Waals surface area (Å²) in [6, 6.07) is 3.98. The minimum atomic E-state index is -0.694. The molecule has 1 unspecified atom stereocenters. The summed E-state index contributed by atoms with van der Waals surface area (Å²) in [5, 5.41) is 10.3. The lowest BCUT2D eigenvalue weighted by Gasteiger charge is -2.18. The van der Waals surface area contributed by atoms with E-state index >= 15 is 0 Å². The van der Waals surface area contributed by atoms with E-state index in [-0.39, 0.29) is 5.92 Å². The molecule has 0 spiro atoms. The third-order valence-corrected chi connectivity index (χ3v) is 4.08. The molecule has 4 heteroatoms. The van der Waals surface area contributed by atoms with Gasteiger partial charge < -0.3 is 14.8 Å². The number of aromatic nitrogens is 1. The lowest BCUT2D eigenvalue weighted by molar-refractivity contribution is -0.142. The Labute approximate surface area is 111 Å². The highest BCUT2D eigenvalue weighted by molar-refractivity contribution is 5.93. The Balaban J connectivity index is 2.20. The van der Waals surface area contributed by atoms with E-state index < -0.39 is 5.97 Å². The Morgan fingerprint density at radius 3 is 2.95 bits per heavy atom. The number of ether oxygens (including phenoxy) is 1. The van der Waals surface area contributed by atoms with Gasteiger partial charge in [0.05, 0.1) is 18.5 Å². The van der Waals surface area contributed by atoms with E-state index in [1.807, 2.05) is 12.1 Å². The maximum Gasteiger partial charge on any atom is 0.306 e. The molecule has 0 fully saturated rings. The van der Waals surface area contributed by atoms with Crippen LogP contribution in [0.4, 0.5) is 0 Å². The van der Waals surface area contributed by atoms with E-state index in [1.54, 1.807) is 7.11 Å². The van der Waals surface area contributed by atoms with Crippen molar-refractivity contribution in [3.63, 3.8) is 0 Å². The molecule has 0 aliphatic heterocycles. The topological polar surface area (TPSA) is 62.3 Å². The fourth-order valence-corrected chi connectivity index (χ4v) is 3.06. The maximum absolute atomic E-state index is 11.2. The molecule has 0 saturated carbocycles. The van der Waals surface area contributed by atoms with E-state index in [1.165, 1.54) is 11.3 Å². The van der Waals surface area contributed by atoms with Gasteiger partial charge in [-0.25, -0.2) is 0 Å². The second-order valence-corrected chi connectivity index (χ2v) is 5.19. The van der Waals surface area contributed by atoms with Crippen molar-refractivity contribution in [2.24, 2.45) is 5.92 Å². The smallest absolute Gasteiger partial charge is 0.306 e. The predicted octanol–water partition coefficient (Wildman–Crippen LogP) is 2.67. The number of hydrogen-bond donors (Lipinski definition) is 2. The molecule has 1 atom stereocenters. The Morgan fingerprint density at radius 2 is 2.26 bits per heavy atom. The largest absolute Gasteiger partial charge is 0.495 e. The van der Waals surface area contributed by atoms with Crippen molar-refractivity contribution in [3.8, 4) is 5.75 Å². The highest BCUT2D eigenvalue weighted by atomic mass is 16.5. The number of hydrogen-bond acceptors (Lipinski definition) is 2. The molecule has 1 aliphatic rings. The summed E-state index contributed by atoms with van der Waals surface area (Å²) < 4.78 is 5.39. The number of carboxylic acids is 1. The molecule has 3 rings (SSSR count). The third kappa shape index (κ3) is 1.79. The molecule has 0 bridgehead atoms. The molecule has 1 aromatic heterocycles. The standard InChI is InChI=1S/C15H17NO3/c1-8-3-6-12(19-2)14-13(8)10-7-9(15(17)18)4-5-11(10)16-14/h3,6,9,16H,4-5,7H2,1-2H3,(H,17,18). The van der Waals surface area contributed by atoms with Gasteiger partial charge in [0.15, 0.2) is 0 Å². The molecule has 4 nitrogen and oxygen atoms in total. The monoisotopic (exact) mass is 259 g/mol. The van der Waals surface area contributed by atoms with Crippen LogP contribution in [0.25, 0.3) is 10.9 Å². The van der Waals surface area contributed by atoms with E-state index in [0.29, 0.717) is 12.8 Å². The van der Waals surface area contributed by atoms with Gasteiger partial charge in [-0.1, -0.05) is 6.07 Å². The number of carboxylic acid groups (broad SMARTS) is 1. The highest BCUT2D eigenvalue weighted by Crippen LogP contribution is 2.37. The van der Waals surface area contributed by atoms with Crippen molar-refractivity contribution in [1.82, 2.24) is 4.98 Å². The number of aryl methyl sites for hydroxylation is 2. The van der Waals surface area contributed by atoms with Crippen LogP contribution in [0.15, 0.2) is 12.1 Å². The summed E-state index contributed by atoms with van der Waals surface area (Å²) in [6.45, 7) is 2.06. The number of aromatic amines is 1. The van der Waals surface area contributed by atoms with Crippen LogP contribution in [0, 0.1) is 12.8 Å². The zero-order valence-electron chi connectivity index (χ0n) is 11.1. The summed E-state index contributed by atoms with van der Waals surface area (Å²) >= 11 is 0. The van der Waals surface area contributed by atoms with Gasteiger partial charge in [-0.2, -0.15) is 0 Å². The SMILES string of the molecule is COc1ccc(C)c2c3c([nH]c12)CCC(C(=O)O)C3. The highest BCUT2D eigenvalue weighted by Gasteiger charge is 2.28. The van der Waals surface area contributed by atoms with Gasteiger partial charge in [-0.05, 0) is 43.4 Å². The van der Waals surface area contributed by atoms with E-state index in [9.17, 15) is 9.90 Å². The quantitative estimate of drug-likeness (QED) is 0.871. The van der Waals surface area contributed by atoms with Crippen LogP contribution in [0.3, 0.4) is 0 Å². The molecule has 2 aromatic rings. The molecular formula is C15H17NO3. The van der Waals surface area contributed by atoms with Crippen LogP contribution in [0.2, 0.25) is 0 Å². The van der Waals surface area contributed by atoms with Crippen molar-refractivity contribution in [2.45, 2.75) is 26.2 Å². The summed E-state index contributed by atoms with van der Waals surface area (Å²) in [5.41, 5.74) is 4.49. The van der Waals surface area contributed by atoms with Crippen LogP contribution in [-0.2, 0) is 17.6 Å². The van der Waals surface area contributed by atoms with Gasteiger partial charge in [0.25, 0.3) is 0 Å². The summed E-state index contributed by atoms with van der Waals surface area (Å²) in [5.74, 6) is -0.139. The van der Waals surface area contributed by atoms with Gasteiger partial charge in [-0.15, -0.1) is 0 Å². The van der Waals surface area contributed by atoms with Crippen LogP contribution in [0.5, 0.6) is 5.75 Å². The normalized spacial score (nSPS) is 18.3. The molecule has 1 aromatic carbocycles. The number of rotatable bonds is 2. The number of methoxy groups -OCH3 is 1. The molecule has 19 heavy (non-hydrogen) atoms. The molecule has 1 aliphatic carbocycles. The zero-order valence-corrected chi connectivity index (χ0v) is 11.1. The van der Waals surface area contributed by atoms with E-state index in [4.69, 9.17) is 4.74 Å². The number of fused-ring (bicyclic) bond motifs is 3. The van der Waals surface area contributed by atoms with Crippen LogP contribution >= 0.6 is 0 Å². The van der Waals surface area contributed by atoms with E-state index in [2.05, 4.69) is 11.9 Å². The van der Waals surface area contributed by atoms with Crippen molar-refractivity contribution in [2.75, 3.05) is 7.11 Å². The average molecular weight is 259 g/mol. The average Bonchev–Trinajstić information content (AvgIpc) is 2.78. The second kappa shape index (κ2) is 4.30. The Kier molecular flexibility index (Phi) is 2.73. The molecule has 100 valence electrons. The van der Waals surface area contributed by atoms with Crippen molar-refractivity contribution >= 4 is 16.9 Å².